The standard InChI is InChI=1S/C18H18N2O/c1-13-17-18(21)19(11-14-7-3-2-4-8-14)12-15-9-5-6-10-16(15)20(13)17/h2-10,13,17H,11-12H2,1H3/t13-,17+,20?/m0/s1. The lowest BCUT2D eigenvalue weighted by Crippen LogP contribution is -2.33. The normalized spacial score (nSPS) is 23.4. The average molecular weight is 278 g/mol. The largest absolute Gasteiger partial charge is 0.352 e. The van der Waals surface area contributed by atoms with E-state index in [1.165, 1.54) is 16.8 Å². The molecule has 0 radical (unpaired) electrons. The maximum absolute atomic E-state index is 12.8. The molecule has 0 spiro atoms. The van der Waals surface area contributed by atoms with Crippen LogP contribution in [-0.2, 0) is 17.9 Å². The highest BCUT2D eigenvalue weighted by atomic mass is 16.2. The number of hydrogen-bond donors (Lipinski definition) is 0. The van der Waals surface area contributed by atoms with Crippen LogP contribution in [0.25, 0.3) is 0 Å². The highest BCUT2D eigenvalue weighted by Crippen LogP contribution is 2.41. The van der Waals surface area contributed by atoms with Crippen LogP contribution in [0.15, 0.2) is 54.6 Å². The Kier molecular flexibility index (Phi) is 2.74. The van der Waals surface area contributed by atoms with Crippen molar-refractivity contribution >= 4 is 11.6 Å². The first-order valence-corrected chi connectivity index (χ1v) is 7.44. The Morgan fingerprint density at radius 2 is 1.76 bits per heavy atom. The van der Waals surface area contributed by atoms with Crippen molar-refractivity contribution < 1.29 is 4.79 Å². The van der Waals surface area contributed by atoms with E-state index in [2.05, 4.69) is 48.2 Å². The molecule has 2 heterocycles. The molecule has 0 aromatic heterocycles. The molecule has 3 heteroatoms. The second-order valence-corrected chi connectivity index (χ2v) is 5.90. The van der Waals surface area contributed by atoms with Crippen molar-refractivity contribution in [3.8, 4) is 0 Å². The van der Waals surface area contributed by atoms with E-state index >= 15 is 0 Å². The third-order valence-electron chi connectivity index (χ3n) is 4.52. The van der Waals surface area contributed by atoms with E-state index in [9.17, 15) is 4.79 Å². The zero-order valence-corrected chi connectivity index (χ0v) is 12.1. The van der Waals surface area contributed by atoms with Gasteiger partial charge in [0.15, 0.2) is 0 Å². The van der Waals surface area contributed by atoms with Crippen LogP contribution in [0.1, 0.15) is 18.1 Å². The van der Waals surface area contributed by atoms with E-state index in [0.717, 1.165) is 0 Å². The van der Waals surface area contributed by atoms with Gasteiger partial charge in [-0.1, -0.05) is 48.5 Å². The summed E-state index contributed by atoms with van der Waals surface area (Å²) < 4.78 is 0. The van der Waals surface area contributed by atoms with Crippen molar-refractivity contribution in [1.29, 1.82) is 0 Å². The lowest BCUT2D eigenvalue weighted by atomic mass is 10.1. The van der Waals surface area contributed by atoms with Gasteiger partial charge < -0.3 is 9.80 Å². The molecular weight excluding hydrogens is 260 g/mol. The predicted molar refractivity (Wildman–Crippen MR) is 82.9 cm³/mol. The van der Waals surface area contributed by atoms with Crippen LogP contribution in [-0.4, -0.2) is 22.9 Å². The Balaban J connectivity index is 1.68. The molecule has 0 unspecified atom stereocenters. The Hall–Kier alpha value is -2.29. The van der Waals surface area contributed by atoms with E-state index in [1.54, 1.807) is 0 Å². The predicted octanol–water partition coefficient (Wildman–Crippen LogP) is 2.81. The van der Waals surface area contributed by atoms with Gasteiger partial charge in [0.1, 0.15) is 6.04 Å². The summed E-state index contributed by atoms with van der Waals surface area (Å²) in [4.78, 5) is 17.0. The van der Waals surface area contributed by atoms with Crippen molar-refractivity contribution in [1.82, 2.24) is 4.90 Å². The van der Waals surface area contributed by atoms with Gasteiger partial charge in [0.05, 0.1) is 6.04 Å². The van der Waals surface area contributed by atoms with Gasteiger partial charge in [0.2, 0.25) is 5.91 Å². The molecule has 2 aromatic carbocycles. The number of amides is 1. The fourth-order valence-corrected chi connectivity index (χ4v) is 3.35. The Morgan fingerprint density at radius 1 is 1.05 bits per heavy atom. The van der Waals surface area contributed by atoms with Crippen LogP contribution in [0.2, 0.25) is 0 Å². The summed E-state index contributed by atoms with van der Waals surface area (Å²) in [5.41, 5.74) is 3.65. The summed E-state index contributed by atoms with van der Waals surface area (Å²) >= 11 is 0. The third kappa shape index (κ3) is 2.00. The lowest BCUT2D eigenvalue weighted by molar-refractivity contribution is -0.131. The van der Waals surface area contributed by atoms with Crippen LogP contribution < -0.4 is 4.90 Å². The summed E-state index contributed by atoms with van der Waals surface area (Å²) in [6.07, 6.45) is 0. The van der Waals surface area contributed by atoms with Gasteiger partial charge in [-0.25, -0.2) is 0 Å². The average Bonchev–Trinajstić information content (AvgIpc) is 3.20. The molecule has 2 aromatic rings. The molecule has 2 aliphatic rings. The van der Waals surface area contributed by atoms with Gasteiger partial charge in [0, 0.05) is 18.8 Å². The lowest BCUT2D eigenvalue weighted by Gasteiger charge is -2.22. The molecule has 0 saturated carbocycles. The molecule has 2 atom stereocenters. The SMILES string of the molecule is C[C@H]1[C@@H]2C(=O)N(Cc3ccccc3)Cc3ccccc3N12. The van der Waals surface area contributed by atoms with E-state index in [1.807, 2.05) is 23.1 Å². The molecule has 0 aliphatic carbocycles. The minimum Gasteiger partial charge on any atom is -0.352 e. The van der Waals surface area contributed by atoms with Crippen LogP contribution in [0.4, 0.5) is 5.69 Å². The van der Waals surface area contributed by atoms with Gasteiger partial charge in [-0.3, -0.25) is 4.79 Å². The van der Waals surface area contributed by atoms with Gasteiger partial charge >= 0.3 is 0 Å². The number of para-hydroxylation sites is 1. The molecule has 0 N–H and O–H groups in total. The molecule has 21 heavy (non-hydrogen) atoms. The van der Waals surface area contributed by atoms with Crippen LogP contribution in [0.3, 0.4) is 0 Å². The first-order valence-electron chi connectivity index (χ1n) is 7.44. The number of hydrogen-bond acceptors (Lipinski definition) is 2. The first-order chi connectivity index (χ1) is 10.3. The van der Waals surface area contributed by atoms with E-state index in [4.69, 9.17) is 0 Å². The van der Waals surface area contributed by atoms with E-state index in [-0.39, 0.29) is 11.9 Å². The first kappa shape index (κ1) is 12.5. The second kappa shape index (κ2) is 4.62. The van der Waals surface area contributed by atoms with Crippen LogP contribution in [0.5, 0.6) is 0 Å². The number of rotatable bonds is 2. The minimum absolute atomic E-state index is 0.0253. The smallest absolute Gasteiger partial charge is 0.248 e. The molecule has 106 valence electrons. The van der Waals surface area contributed by atoms with Crippen molar-refractivity contribution in [2.75, 3.05) is 4.90 Å². The summed E-state index contributed by atoms with van der Waals surface area (Å²) in [6, 6.07) is 18.9. The molecule has 1 amide bonds. The number of anilines is 1. The number of carbonyl (C=O) groups is 1. The van der Waals surface area contributed by atoms with Gasteiger partial charge in [-0.05, 0) is 24.1 Å². The quantitative estimate of drug-likeness (QED) is 0.789. The Bertz CT molecular complexity index is 683. The monoisotopic (exact) mass is 278 g/mol. The van der Waals surface area contributed by atoms with Crippen LogP contribution >= 0.6 is 0 Å². The summed E-state index contributed by atoms with van der Waals surface area (Å²) in [5.74, 6) is 0.252. The fourth-order valence-electron chi connectivity index (χ4n) is 3.35. The Morgan fingerprint density at radius 3 is 2.57 bits per heavy atom. The molecular formula is C18H18N2O. The molecule has 2 aliphatic heterocycles. The summed E-state index contributed by atoms with van der Waals surface area (Å²) in [5, 5.41) is 0. The molecule has 3 nitrogen and oxygen atoms in total. The zero-order chi connectivity index (χ0) is 14.4. The van der Waals surface area contributed by atoms with Gasteiger partial charge in [-0.15, -0.1) is 0 Å². The third-order valence-corrected chi connectivity index (χ3v) is 4.52. The minimum atomic E-state index is 0.0253. The topological polar surface area (TPSA) is 23.3 Å². The summed E-state index contributed by atoms with van der Waals surface area (Å²) in [6.45, 7) is 3.51. The number of fused-ring (bicyclic) bond motifs is 3. The Labute approximate surface area is 124 Å². The molecule has 1 saturated heterocycles. The molecule has 4 rings (SSSR count). The fraction of sp³-hybridized carbons (Fsp3) is 0.278. The maximum atomic E-state index is 12.8. The number of benzene rings is 2. The second-order valence-electron chi connectivity index (χ2n) is 5.90. The van der Waals surface area contributed by atoms with Crippen molar-refractivity contribution in [2.45, 2.75) is 32.1 Å². The van der Waals surface area contributed by atoms with Crippen molar-refractivity contribution in [3.05, 3.63) is 65.7 Å². The van der Waals surface area contributed by atoms with Crippen molar-refractivity contribution in [2.24, 2.45) is 0 Å². The van der Waals surface area contributed by atoms with E-state index < -0.39 is 0 Å². The van der Waals surface area contributed by atoms with Gasteiger partial charge in [0.25, 0.3) is 0 Å². The summed E-state index contributed by atoms with van der Waals surface area (Å²) in [7, 11) is 0. The molecule has 1 fully saturated rings. The number of nitrogens with zero attached hydrogens (tertiary/aromatic N) is 2. The van der Waals surface area contributed by atoms with Gasteiger partial charge in [-0.2, -0.15) is 0 Å². The highest BCUT2D eigenvalue weighted by molar-refractivity contribution is 5.94. The number of carbonyl (C=O) groups excluding carboxylic acids is 1. The zero-order valence-electron chi connectivity index (χ0n) is 12.1. The van der Waals surface area contributed by atoms with Crippen LogP contribution in [0, 0.1) is 0 Å². The molecule has 0 bridgehead atoms. The maximum Gasteiger partial charge on any atom is 0.248 e. The van der Waals surface area contributed by atoms with E-state index in [0.29, 0.717) is 19.1 Å². The highest BCUT2D eigenvalue weighted by Gasteiger charge is 2.53. The van der Waals surface area contributed by atoms with Crippen molar-refractivity contribution in [3.63, 3.8) is 0 Å².